The number of hydrogen-bond acceptors (Lipinski definition) is 4. The van der Waals surface area contributed by atoms with Crippen LogP contribution in [0.4, 0.5) is 0 Å². The SMILES string of the molecule is CC(N)Cc1c(Cl)cccc1Sc1n[nH]c(=O)n1C(C)C. The number of nitrogens with zero attached hydrogens (tertiary/aromatic N) is 2. The van der Waals surface area contributed by atoms with Gasteiger partial charge in [-0.2, -0.15) is 0 Å². The number of halogens is 1. The summed E-state index contributed by atoms with van der Waals surface area (Å²) < 4.78 is 1.63. The number of rotatable bonds is 5. The lowest BCUT2D eigenvalue weighted by Gasteiger charge is -2.14. The van der Waals surface area contributed by atoms with Gasteiger partial charge in [0.05, 0.1) is 0 Å². The number of H-pyrrole nitrogens is 1. The summed E-state index contributed by atoms with van der Waals surface area (Å²) in [6, 6.07) is 5.76. The summed E-state index contributed by atoms with van der Waals surface area (Å²) in [5, 5.41) is 7.90. The van der Waals surface area contributed by atoms with Gasteiger partial charge in [-0.1, -0.05) is 17.7 Å². The molecule has 0 spiro atoms. The van der Waals surface area contributed by atoms with E-state index in [2.05, 4.69) is 10.2 Å². The highest BCUT2D eigenvalue weighted by Gasteiger charge is 2.16. The smallest absolute Gasteiger partial charge is 0.328 e. The van der Waals surface area contributed by atoms with Gasteiger partial charge in [-0.3, -0.25) is 4.57 Å². The lowest BCUT2D eigenvalue weighted by atomic mass is 10.1. The predicted octanol–water partition coefficient (Wildman–Crippen LogP) is 2.85. The van der Waals surface area contributed by atoms with Crippen LogP contribution in [0.2, 0.25) is 5.02 Å². The van der Waals surface area contributed by atoms with Crippen molar-refractivity contribution in [3.63, 3.8) is 0 Å². The van der Waals surface area contributed by atoms with Crippen LogP contribution in [0.25, 0.3) is 0 Å². The lowest BCUT2D eigenvalue weighted by Crippen LogP contribution is -2.20. The number of hydrogen-bond donors (Lipinski definition) is 2. The highest BCUT2D eigenvalue weighted by atomic mass is 35.5. The Hall–Kier alpha value is -1.24. The molecule has 2 rings (SSSR count). The molecule has 0 radical (unpaired) electrons. The van der Waals surface area contributed by atoms with Crippen molar-refractivity contribution in [1.29, 1.82) is 0 Å². The molecule has 7 heteroatoms. The van der Waals surface area contributed by atoms with E-state index >= 15 is 0 Å². The topological polar surface area (TPSA) is 76.7 Å². The first kappa shape index (κ1) is 16.1. The van der Waals surface area contributed by atoms with Gasteiger partial charge in [0.25, 0.3) is 0 Å². The Morgan fingerprint density at radius 1 is 1.43 bits per heavy atom. The summed E-state index contributed by atoms with van der Waals surface area (Å²) >= 11 is 7.71. The zero-order valence-corrected chi connectivity index (χ0v) is 13.8. The van der Waals surface area contributed by atoms with E-state index in [1.165, 1.54) is 11.8 Å². The molecule has 1 heterocycles. The fourth-order valence-electron chi connectivity index (χ4n) is 2.07. The maximum absolute atomic E-state index is 11.8. The van der Waals surface area contributed by atoms with Crippen LogP contribution in [0.1, 0.15) is 32.4 Å². The fraction of sp³-hybridized carbons (Fsp3) is 0.429. The van der Waals surface area contributed by atoms with Crippen molar-refractivity contribution in [3.05, 3.63) is 39.3 Å². The van der Waals surface area contributed by atoms with Crippen molar-refractivity contribution in [2.24, 2.45) is 5.73 Å². The molecular formula is C14H19ClN4OS. The second-order valence-electron chi connectivity index (χ2n) is 5.28. The quantitative estimate of drug-likeness (QED) is 0.885. The van der Waals surface area contributed by atoms with Gasteiger partial charge in [0.2, 0.25) is 0 Å². The van der Waals surface area contributed by atoms with E-state index in [1.807, 2.05) is 39.0 Å². The molecule has 114 valence electrons. The van der Waals surface area contributed by atoms with Gasteiger partial charge >= 0.3 is 5.69 Å². The Bertz CT molecular complexity index is 678. The molecule has 1 unspecified atom stereocenters. The predicted molar refractivity (Wildman–Crippen MR) is 86.2 cm³/mol. The normalized spacial score (nSPS) is 12.9. The van der Waals surface area contributed by atoms with E-state index < -0.39 is 0 Å². The summed E-state index contributed by atoms with van der Waals surface area (Å²) in [6.07, 6.45) is 0.679. The van der Waals surface area contributed by atoms with Crippen LogP contribution < -0.4 is 11.4 Å². The second-order valence-corrected chi connectivity index (χ2v) is 6.69. The van der Waals surface area contributed by atoms with E-state index in [0.29, 0.717) is 16.6 Å². The monoisotopic (exact) mass is 326 g/mol. The average molecular weight is 327 g/mol. The third-order valence-electron chi connectivity index (χ3n) is 2.99. The van der Waals surface area contributed by atoms with Gasteiger partial charge in [0.1, 0.15) is 0 Å². The Labute approximate surface area is 132 Å². The van der Waals surface area contributed by atoms with Gasteiger partial charge in [0, 0.05) is 22.0 Å². The molecule has 0 fully saturated rings. The van der Waals surface area contributed by atoms with Crippen molar-refractivity contribution in [2.75, 3.05) is 0 Å². The molecule has 0 aliphatic carbocycles. The number of aromatic amines is 1. The van der Waals surface area contributed by atoms with Crippen LogP contribution in [-0.2, 0) is 6.42 Å². The van der Waals surface area contributed by atoms with Crippen LogP contribution in [0.5, 0.6) is 0 Å². The van der Waals surface area contributed by atoms with Crippen molar-refractivity contribution in [1.82, 2.24) is 14.8 Å². The maximum Gasteiger partial charge on any atom is 0.344 e. The summed E-state index contributed by atoms with van der Waals surface area (Å²) in [5.74, 6) is 0. The second kappa shape index (κ2) is 6.68. The molecule has 0 aliphatic rings. The van der Waals surface area contributed by atoms with Crippen molar-refractivity contribution in [2.45, 2.75) is 49.3 Å². The minimum absolute atomic E-state index is 0.00993. The minimum Gasteiger partial charge on any atom is -0.328 e. The van der Waals surface area contributed by atoms with Crippen molar-refractivity contribution in [3.8, 4) is 0 Å². The molecule has 21 heavy (non-hydrogen) atoms. The molecule has 0 amide bonds. The maximum atomic E-state index is 11.8. The van der Waals surface area contributed by atoms with Crippen LogP contribution in [0, 0.1) is 0 Å². The first-order valence-corrected chi connectivity index (χ1v) is 7.97. The van der Waals surface area contributed by atoms with Gasteiger partial charge in [0.15, 0.2) is 5.16 Å². The molecule has 5 nitrogen and oxygen atoms in total. The highest BCUT2D eigenvalue weighted by molar-refractivity contribution is 7.99. The van der Waals surface area contributed by atoms with Crippen LogP contribution >= 0.6 is 23.4 Å². The first-order chi connectivity index (χ1) is 9.90. The largest absolute Gasteiger partial charge is 0.344 e. The molecule has 1 atom stereocenters. The third kappa shape index (κ3) is 3.70. The Morgan fingerprint density at radius 3 is 2.76 bits per heavy atom. The van der Waals surface area contributed by atoms with Gasteiger partial charge in [-0.25, -0.2) is 9.89 Å². The summed E-state index contributed by atoms with van der Waals surface area (Å²) in [5.41, 5.74) is 6.68. The summed E-state index contributed by atoms with van der Waals surface area (Å²) in [6.45, 7) is 5.83. The van der Waals surface area contributed by atoms with E-state index in [4.69, 9.17) is 17.3 Å². The number of nitrogens with one attached hydrogen (secondary N) is 1. The van der Waals surface area contributed by atoms with Crippen LogP contribution in [-0.4, -0.2) is 20.8 Å². The average Bonchev–Trinajstić information content (AvgIpc) is 2.74. The van der Waals surface area contributed by atoms with Gasteiger partial charge in [-0.05, 0) is 56.7 Å². The summed E-state index contributed by atoms with van der Waals surface area (Å²) in [4.78, 5) is 12.8. The molecule has 3 N–H and O–H groups in total. The van der Waals surface area contributed by atoms with E-state index in [0.717, 1.165) is 10.5 Å². The third-order valence-corrected chi connectivity index (χ3v) is 4.42. The van der Waals surface area contributed by atoms with Crippen LogP contribution in [0.3, 0.4) is 0 Å². The van der Waals surface area contributed by atoms with E-state index in [9.17, 15) is 4.79 Å². The molecule has 1 aromatic carbocycles. The van der Waals surface area contributed by atoms with Crippen molar-refractivity contribution < 1.29 is 0 Å². The first-order valence-electron chi connectivity index (χ1n) is 6.78. The minimum atomic E-state index is -0.205. The zero-order chi connectivity index (χ0) is 15.6. The van der Waals surface area contributed by atoms with E-state index in [1.54, 1.807) is 4.57 Å². The summed E-state index contributed by atoms with van der Waals surface area (Å²) in [7, 11) is 0. The molecule has 0 bridgehead atoms. The van der Waals surface area contributed by atoms with Gasteiger partial charge in [-0.15, -0.1) is 5.10 Å². The number of aromatic nitrogens is 3. The van der Waals surface area contributed by atoms with Crippen LogP contribution in [0.15, 0.2) is 33.0 Å². The van der Waals surface area contributed by atoms with E-state index in [-0.39, 0.29) is 17.8 Å². The molecule has 0 saturated heterocycles. The number of nitrogens with two attached hydrogens (primary N) is 1. The molecule has 0 aliphatic heterocycles. The molecule has 2 aromatic rings. The molecule has 0 saturated carbocycles. The zero-order valence-electron chi connectivity index (χ0n) is 12.3. The van der Waals surface area contributed by atoms with Crippen molar-refractivity contribution >= 4 is 23.4 Å². The standard InChI is InChI=1S/C14H19ClN4OS/c1-8(2)19-13(20)17-18-14(19)21-12-6-4-5-11(15)10(12)7-9(3)16/h4-6,8-9H,7,16H2,1-3H3,(H,17,20). The fourth-order valence-corrected chi connectivity index (χ4v) is 3.52. The molecule has 1 aromatic heterocycles. The van der Waals surface area contributed by atoms with Gasteiger partial charge < -0.3 is 5.73 Å². The number of benzene rings is 1. The highest BCUT2D eigenvalue weighted by Crippen LogP contribution is 2.33. The Balaban J connectivity index is 2.41. The lowest BCUT2D eigenvalue weighted by molar-refractivity contribution is 0.534. The Kier molecular flexibility index (Phi) is 5.13. The molecular weight excluding hydrogens is 308 g/mol. The Morgan fingerprint density at radius 2 is 2.14 bits per heavy atom.